The van der Waals surface area contributed by atoms with Crippen molar-refractivity contribution in [1.29, 1.82) is 0 Å². The maximum Gasteiger partial charge on any atom is 0.314 e. The first-order valence-electron chi connectivity index (χ1n) is 23.9. The summed E-state index contributed by atoms with van der Waals surface area (Å²) in [5.41, 5.74) is -2.16. The molecule has 4 aliphatic heterocycles. The molecule has 8 fully saturated rings. The minimum Gasteiger partial charge on any atom is -0.432 e. The average Bonchev–Trinajstić information content (AvgIpc) is 3.51. The van der Waals surface area contributed by atoms with Gasteiger partial charge in [0.25, 0.3) is 0 Å². The van der Waals surface area contributed by atoms with E-state index in [1.165, 1.54) is 0 Å². The Labute approximate surface area is 392 Å². The van der Waals surface area contributed by atoms with E-state index in [9.17, 15) is 76.3 Å². The largest absolute Gasteiger partial charge is 0.432 e. The highest BCUT2D eigenvalue weighted by Gasteiger charge is 2.69. The summed E-state index contributed by atoms with van der Waals surface area (Å²) in [7, 11) is 0. The summed E-state index contributed by atoms with van der Waals surface area (Å²) in [4.78, 5) is 14.5. The molecule has 23 nitrogen and oxygen atoms in total. The van der Waals surface area contributed by atoms with Crippen LogP contribution in [0.5, 0.6) is 0 Å². The van der Waals surface area contributed by atoms with Gasteiger partial charge in [0.1, 0.15) is 91.6 Å². The molecule has 26 atom stereocenters. The van der Waals surface area contributed by atoms with Gasteiger partial charge >= 0.3 is 5.97 Å². The molecule has 14 N–H and O–H groups in total. The Morgan fingerprint density at radius 3 is 1.81 bits per heavy atom. The normalized spacial score (nSPS) is 53.9. The number of ether oxygens (including phenoxy) is 8. The highest BCUT2D eigenvalue weighted by Crippen LogP contribution is 2.73. The monoisotopic (exact) mass is 980 g/mol. The van der Waals surface area contributed by atoms with Gasteiger partial charge in [0.15, 0.2) is 18.9 Å². The van der Waals surface area contributed by atoms with Gasteiger partial charge in [-0.3, -0.25) is 4.79 Å². The highest BCUT2D eigenvalue weighted by molar-refractivity contribution is 5.77. The molecule has 2 bridgehead atoms. The highest BCUT2D eigenvalue weighted by atomic mass is 16.8. The number of aliphatic hydroxyl groups is 14. The van der Waals surface area contributed by atoms with Crippen molar-refractivity contribution in [3.05, 3.63) is 12.2 Å². The topological polar surface area (TPSA) is 374 Å². The third kappa shape index (κ3) is 8.91. The molecular formula is C45H72O23. The van der Waals surface area contributed by atoms with E-state index in [0.29, 0.717) is 51.4 Å². The third-order valence-corrected chi connectivity index (χ3v) is 17.3. The van der Waals surface area contributed by atoms with Crippen LogP contribution in [0.15, 0.2) is 12.2 Å². The first kappa shape index (κ1) is 52.7. The van der Waals surface area contributed by atoms with E-state index < -0.39 is 172 Å². The van der Waals surface area contributed by atoms with Crippen LogP contribution < -0.4 is 0 Å². The van der Waals surface area contributed by atoms with Crippen LogP contribution in [0.25, 0.3) is 0 Å². The quantitative estimate of drug-likeness (QED) is 0.0468. The minimum absolute atomic E-state index is 0.0497. The minimum atomic E-state index is -1.86. The van der Waals surface area contributed by atoms with Crippen LogP contribution in [0.3, 0.4) is 0 Å². The van der Waals surface area contributed by atoms with Crippen LogP contribution >= 0.6 is 0 Å². The van der Waals surface area contributed by atoms with E-state index >= 15 is 0 Å². The average molecular weight is 981 g/mol. The third-order valence-electron chi connectivity index (χ3n) is 17.3. The summed E-state index contributed by atoms with van der Waals surface area (Å²) in [6, 6.07) is 0. The lowest BCUT2D eigenvalue weighted by molar-refractivity contribution is -0.377. The molecule has 1 spiro atoms. The second kappa shape index (κ2) is 20.0. The summed E-state index contributed by atoms with van der Waals surface area (Å²) in [5.74, 6) is -0.845. The second-order valence-corrected chi connectivity index (χ2v) is 21.2. The zero-order valence-electron chi connectivity index (χ0n) is 38.2. The standard InChI is InChI=1S/C45H72O23/c1-18-13-44-10-5-23-42(2,8-4-9-43(23,3)41(60)67-39-35(59)31(55)28(52)22(65-39)16-61-37-33(57)30(54)26(50)20(14-47)63-37)24(44)6-11-45(18,17-44)68-40-36(32(56)27(51)21(15-48)64-40)66-38-34(58)29(53)25(49)19(62-38)7-12-46/h19-40,46-59H,1,4-17H2,2-3H3/t19-,20-,21-,22-,23+,24+,25-,26-,27-,28-,29+,30+,31+,32+,33-,34-,35-,36-,37+,38+,39+,40+,42-,43-,44-,45+/m1/s1. The Morgan fingerprint density at radius 1 is 0.618 bits per heavy atom. The number of rotatable bonds is 13. The van der Waals surface area contributed by atoms with Crippen LogP contribution in [0.2, 0.25) is 0 Å². The van der Waals surface area contributed by atoms with Gasteiger partial charge in [-0.25, -0.2) is 0 Å². The summed E-state index contributed by atoms with van der Waals surface area (Å²) < 4.78 is 47.4. The fourth-order valence-corrected chi connectivity index (χ4v) is 13.6. The van der Waals surface area contributed by atoms with Gasteiger partial charge in [-0.15, -0.1) is 0 Å². The fourth-order valence-electron chi connectivity index (χ4n) is 13.6. The van der Waals surface area contributed by atoms with Gasteiger partial charge in [-0.1, -0.05) is 19.9 Å². The molecule has 0 aromatic heterocycles. The number of hydrogen-bond donors (Lipinski definition) is 14. The number of hydrogen-bond acceptors (Lipinski definition) is 23. The van der Waals surface area contributed by atoms with Crippen LogP contribution in [0.4, 0.5) is 0 Å². The number of carbonyl (C=O) groups excluding carboxylic acids is 1. The summed E-state index contributed by atoms with van der Waals surface area (Å²) >= 11 is 0. The maximum atomic E-state index is 14.5. The molecule has 4 heterocycles. The van der Waals surface area contributed by atoms with Gasteiger partial charge in [-0.2, -0.15) is 0 Å². The van der Waals surface area contributed by atoms with Crippen molar-refractivity contribution < 1.29 is 114 Å². The maximum absolute atomic E-state index is 14.5. The van der Waals surface area contributed by atoms with Crippen LogP contribution in [0.1, 0.15) is 78.1 Å². The SMILES string of the molecule is C=C1C[C@@]23CC[C@H]4[C@@](C)(CCC[C@@]4(C)C(=O)O[C@@H]4O[C@H](CO[C@H]5O[C@H](CO)[C@@H](O)[C@H](O)[C@H]5O)[C@@H](O)[C@H](O)[C@H]4O)[C@@H]2CC[C@]1(O[C@@H]1O[C@H](CO)[C@@H](O)[C@H](O)[C@H]1O[C@@H]1O[C@H](CCO)[C@@H](O)[C@H](O)[C@H]1O)C3. The van der Waals surface area contributed by atoms with Gasteiger partial charge in [0.05, 0.1) is 36.9 Å². The lowest BCUT2D eigenvalue weighted by Gasteiger charge is -2.64. The van der Waals surface area contributed by atoms with Crippen LogP contribution in [0, 0.1) is 28.1 Å². The summed E-state index contributed by atoms with van der Waals surface area (Å²) in [6.45, 7) is 6.09. The molecule has 0 radical (unpaired) electrons. The molecule has 68 heavy (non-hydrogen) atoms. The first-order valence-corrected chi connectivity index (χ1v) is 23.9. The predicted molar refractivity (Wildman–Crippen MR) is 224 cm³/mol. The van der Waals surface area contributed by atoms with Crippen LogP contribution in [-0.2, 0) is 42.7 Å². The molecular weight excluding hydrogens is 908 g/mol. The van der Waals surface area contributed by atoms with Crippen molar-refractivity contribution in [3.63, 3.8) is 0 Å². The van der Waals surface area contributed by atoms with Crippen molar-refractivity contribution in [3.8, 4) is 0 Å². The Kier molecular flexibility index (Phi) is 15.5. The Morgan fingerprint density at radius 2 is 1.16 bits per heavy atom. The lowest BCUT2D eigenvalue weighted by Crippen LogP contribution is -2.65. The van der Waals surface area contributed by atoms with E-state index in [-0.39, 0.29) is 23.7 Å². The number of aliphatic hydroxyl groups excluding tert-OH is 14. The van der Waals surface area contributed by atoms with Crippen molar-refractivity contribution in [2.45, 2.75) is 206 Å². The molecule has 8 rings (SSSR count). The smallest absolute Gasteiger partial charge is 0.314 e. The summed E-state index contributed by atoms with van der Waals surface area (Å²) in [5, 5.41) is 147. The molecule has 0 aromatic carbocycles. The summed E-state index contributed by atoms with van der Waals surface area (Å²) in [6.07, 6.45) is -27.2. The molecule has 390 valence electrons. The van der Waals surface area contributed by atoms with E-state index in [0.717, 1.165) is 12.0 Å². The fraction of sp³-hybridized carbons (Fsp3) is 0.933. The van der Waals surface area contributed by atoms with Crippen molar-refractivity contribution in [1.82, 2.24) is 0 Å². The molecule has 0 aromatic rings. The zero-order chi connectivity index (χ0) is 49.4. The van der Waals surface area contributed by atoms with Gasteiger partial charge in [-0.05, 0) is 93.0 Å². The van der Waals surface area contributed by atoms with E-state index in [4.69, 9.17) is 37.9 Å². The molecule has 4 saturated heterocycles. The molecule has 8 aliphatic rings. The number of carbonyl (C=O) groups is 1. The van der Waals surface area contributed by atoms with Gasteiger partial charge in [0, 0.05) is 6.61 Å². The lowest BCUT2D eigenvalue weighted by atomic mass is 9.41. The second-order valence-electron chi connectivity index (χ2n) is 21.2. The number of esters is 1. The molecule has 0 amide bonds. The van der Waals surface area contributed by atoms with E-state index in [2.05, 4.69) is 13.5 Å². The number of fused-ring (bicyclic) bond motifs is 3. The predicted octanol–water partition coefficient (Wildman–Crippen LogP) is -4.72. The first-order chi connectivity index (χ1) is 32.1. The van der Waals surface area contributed by atoms with Gasteiger partial charge in [0.2, 0.25) is 6.29 Å². The van der Waals surface area contributed by atoms with Crippen molar-refractivity contribution in [2.75, 3.05) is 26.4 Å². The molecule has 0 unspecified atom stereocenters. The van der Waals surface area contributed by atoms with E-state index in [1.54, 1.807) is 0 Å². The Hall–Kier alpha value is -1.63. The van der Waals surface area contributed by atoms with Crippen molar-refractivity contribution in [2.24, 2.45) is 28.1 Å². The molecule has 4 aliphatic carbocycles. The van der Waals surface area contributed by atoms with Crippen molar-refractivity contribution >= 4 is 5.97 Å². The molecule has 23 heteroatoms. The Bertz CT molecular complexity index is 1780. The van der Waals surface area contributed by atoms with Gasteiger partial charge < -0.3 is 109 Å². The zero-order valence-corrected chi connectivity index (χ0v) is 38.2. The van der Waals surface area contributed by atoms with E-state index in [1.807, 2.05) is 6.92 Å². The Balaban J connectivity index is 0.961. The molecule has 4 saturated carbocycles. The van der Waals surface area contributed by atoms with Crippen LogP contribution in [-0.4, -0.2) is 232 Å².